The number of carbonyl (C=O) groups is 1. The molecule has 0 heterocycles. The first kappa shape index (κ1) is 29.1. The third-order valence-electron chi connectivity index (χ3n) is 5.94. The average molecular weight is 491 g/mol. The highest BCUT2D eigenvalue weighted by Crippen LogP contribution is 2.27. The molecule has 0 fully saturated rings. The van der Waals surface area contributed by atoms with Gasteiger partial charge in [-0.2, -0.15) is 5.26 Å². The molecule has 0 aliphatic heterocycles. The van der Waals surface area contributed by atoms with Crippen molar-refractivity contribution in [3.05, 3.63) is 125 Å². The van der Waals surface area contributed by atoms with Crippen molar-refractivity contribution in [2.24, 2.45) is 5.92 Å². The number of fused-ring (bicyclic) bond motifs is 1. The topological polar surface area (TPSA) is 66.9 Å². The molecule has 5 rings (SSSR count). The van der Waals surface area contributed by atoms with Crippen molar-refractivity contribution < 1.29 is 4.79 Å². The molecule has 4 aromatic rings. The minimum Gasteiger partial charge on any atom is -0.399 e. The molecule has 0 saturated carbocycles. The van der Waals surface area contributed by atoms with Crippen molar-refractivity contribution in [2.75, 3.05) is 5.73 Å². The molecule has 0 aromatic heterocycles. The molecule has 1 atom stereocenters. The van der Waals surface area contributed by atoms with E-state index < -0.39 is 0 Å². The summed E-state index contributed by atoms with van der Waals surface area (Å²) in [4.78, 5) is 11.5. The van der Waals surface area contributed by atoms with Gasteiger partial charge in [-0.1, -0.05) is 99.1 Å². The van der Waals surface area contributed by atoms with Crippen LogP contribution in [-0.4, -0.2) is 5.78 Å². The number of benzene rings is 4. The highest BCUT2D eigenvalue weighted by molar-refractivity contribution is 6.00. The van der Waals surface area contributed by atoms with Crippen LogP contribution in [0.15, 0.2) is 97.1 Å². The Labute approximate surface area is 222 Å². The van der Waals surface area contributed by atoms with Crippen molar-refractivity contribution in [1.29, 1.82) is 5.26 Å². The maximum absolute atomic E-state index is 11.5. The van der Waals surface area contributed by atoms with Gasteiger partial charge in [0.25, 0.3) is 0 Å². The van der Waals surface area contributed by atoms with Crippen LogP contribution in [0.4, 0.5) is 5.69 Å². The summed E-state index contributed by atoms with van der Waals surface area (Å²) in [6.45, 7) is 9.93. The van der Waals surface area contributed by atoms with Gasteiger partial charge in [0.2, 0.25) is 0 Å². The summed E-state index contributed by atoms with van der Waals surface area (Å²) >= 11 is 0. The Kier molecular flexibility index (Phi) is 11.8. The van der Waals surface area contributed by atoms with Gasteiger partial charge < -0.3 is 5.73 Å². The quantitative estimate of drug-likeness (QED) is 0.226. The van der Waals surface area contributed by atoms with E-state index in [0.29, 0.717) is 11.1 Å². The lowest BCUT2D eigenvalue weighted by molar-refractivity contribution is 0.101. The number of nitriles is 1. The van der Waals surface area contributed by atoms with Crippen molar-refractivity contribution in [3.63, 3.8) is 0 Å². The van der Waals surface area contributed by atoms with E-state index >= 15 is 0 Å². The number of Topliss-reactive ketones (excluding diaryl/α,β-unsaturated/α-hetero) is 1. The molecule has 1 aliphatic carbocycles. The van der Waals surface area contributed by atoms with E-state index in [-0.39, 0.29) is 5.78 Å². The summed E-state index contributed by atoms with van der Waals surface area (Å²) in [5.41, 5.74) is 14.0. The lowest BCUT2D eigenvalue weighted by Gasteiger charge is -2.06. The molecule has 0 radical (unpaired) electrons. The minimum atomic E-state index is 0.0463. The number of nitrogens with two attached hydrogens (primary N) is 1. The Balaban J connectivity index is 0.000000206. The number of aryl methyl sites for hydroxylation is 1. The number of rotatable bonds is 2. The van der Waals surface area contributed by atoms with Crippen molar-refractivity contribution in [1.82, 2.24) is 0 Å². The summed E-state index contributed by atoms with van der Waals surface area (Å²) in [6.07, 6.45) is 2.44. The first-order valence-corrected chi connectivity index (χ1v) is 12.9. The zero-order valence-electron chi connectivity index (χ0n) is 22.7. The molecule has 0 spiro atoms. The van der Waals surface area contributed by atoms with E-state index in [1.165, 1.54) is 29.5 Å². The monoisotopic (exact) mass is 490 g/mol. The molecule has 0 saturated heterocycles. The SMILES string of the molecule is CC.CC(=O)c1ccccc1-c1ccc(C#N)cc1.CC1Cc2ccc(N)cc2C1.Cc1ccccc1. The van der Waals surface area contributed by atoms with Gasteiger partial charge in [0.1, 0.15) is 0 Å². The maximum atomic E-state index is 11.5. The second kappa shape index (κ2) is 15.1. The number of anilines is 1. The lowest BCUT2D eigenvalue weighted by atomic mass is 9.97. The second-order valence-electron chi connectivity index (χ2n) is 8.99. The standard InChI is InChI=1S/C15H11NO.C10H13N.C7H8.C2H6/c1-11(17)14-4-2-3-5-15(14)13-8-6-12(10-16)7-9-13;1-7-4-8-2-3-10(11)6-9(8)5-7;1-7-5-3-2-4-6-7;1-2/h2-9H,1H3;2-3,6-7H,4-5,11H2,1H3;2-6H,1H3;1-2H3. The fourth-order valence-corrected chi connectivity index (χ4v) is 4.16. The van der Waals surface area contributed by atoms with Crippen molar-refractivity contribution >= 4 is 11.5 Å². The molecule has 3 heteroatoms. The molecule has 0 bridgehead atoms. The summed E-state index contributed by atoms with van der Waals surface area (Å²) in [7, 11) is 0. The molecule has 1 aliphatic rings. The Morgan fingerprint density at radius 2 is 1.43 bits per heavy atom. The number of ketones is 1. The maximum Gasteiger partial charge on any atom is 0.160 e. The second-order valence-corrected chi connectivity index (χ2v) is 8.99. The fraction of sp³-hybridized carbons (Fsp3) is 0.235. The highest BCUT2D eigenvalue weighted by atomic mass is 16.1. The fourth-order valence-electron chi connectivity index (χ4n) is 4.16. The Hall–Kier alpha value is -4.16. The highest BCUT2D eigenvalue weighted by Gasteiger charge is 2.16. The van der Waals surface area contributed by atoms with E-state index in [9.17, 15) is 4.79 Å². The van der Waals surface area contributed by atoms with Gasteiger partial charge in [0.05, 0.1) is 11.6 Å². The molecule has 190 valence electrons. The predicted molar refractivity (Wildman–Crippen MR) is 157 cm³/mol. The lowest BCUT2D eigenvalue weighted by Crippen LogP contribution is -1.95. The summed E-state index contributed by atoms with van der Waals surface area (Å²) < 4.78 is 0. The summed E-state index contributed by atoms with van der Waals surface area (Å²) in [5.74, 6) is 0.858. The van der Waals surface area contributed by atoms with Gasteiger partial charge in [-0.3, -0.25) is 4.79 Å². The van der Waals surface area contributed by atoms with Crippen LogP contribution in [-0.2, 0) is 12.8 Å². The van der Waals surface area contributed by atoms with Gasteiger partial charge in [-0.15, -0.1) is 0 Å². The molecule has 37 heavy (non-hydrogen) atoms. The van der Waals surface area contributed by atoms with Gasteiger partial charge in [0, 0.05) is 11.3 Å². The summed E-state index contributed by atoms with van der Waals surface area (Å²) in [6, 6.07) is 33.3. The normalized spacial score (nSPS) is 12.7. The smallest absolute Gasteiger partial charge is 0.160 e. The van der Waals surface area contributed by atoms with E-state index in [1.54, 1.807) is 19.1 Å². The van der Waals surface area contributed by atoms with Crippen LogP contribution in [0.5, 0.6) is 0 Å². The summed E-state index contributed by atoms with van der Waals surface area (Å²) in [5, 5.41) is 8.74. The van der Waals surface area contributed by atoms with E-state index in [1.807, 2.05) is 74.5 Å². The van der Waals surface area contributed by atoms with Crippen LogP contribution in [0.2, 0.25) is 0 Å². The Morgan fingerprint density at radius 1 is 0.838 bits per heavy atom. The van der Waals surface area contributed by atoms with Crippen molar-refractivity contribution in [3.8, 4) is 17.2 Å². The van der Waals surface area contributed by atoms with E-state index in [4.69, 9.17) is 11.0 Å². The zero-order valence-corrected chi connectivity index (χ0v) is 22.7. The Bertz CT molecular complexity index is 1300. The average Bonchev–Trinajstić information content (AvgIpc) is 3.30. The van der Waals surface area contributed by atoms with Crippen LogP contribution in [0, 0.1) is 24.2 Å². The predicted octanol–water partition coefficient (Wildman–Crippen LogP) is 8.45. The molecular formula is C34H38N2O. The molecule has 3 nitrogen and oxygen atoms in total. The first-order chi connectivity index (χ1) is 17.9. The van der Waals surface area contributed by atoms with Gasteiger partial charge in [-0.05, 0) is 79.1 Å². The largest absolute Gasteiger partial charge is 0.399 e. The molecule has 0 amide bonds. The van der Waals surface area contributed by atoms with Gasteiger partial charge in [0.15, 0.2) is 5.78 Å². The van der Waals surface area contributed by atoms with Crippen LogP contribution >= 0.6 is 0 Å². The molecule has 1 unspecified atom stereocenters. The molecule has 4 aromatic carbocycles. The first-order valence-electron chi connectivity index (χ1n) is 12.9. The van der Waals surface area contributed by atoms with E-state index in [2.05, 4.69) is 44.2 Å². The number of hydrogen-bond acceptors (Lipinski definition) is 3. The van der Waals surface area contributed by atoms with Gasteiger partial charge >= 0.3 is 0 Å². The van der Waals surface area contributed by atoms with Crippen LogP contribution < -0.4 is 5.73 Å². The molecular weight excluding hydrogens is 452 g/mol. The third-order valence-corrected chi connectivity index (χ3v) is 5.94. The number of hydrogen-bond donors (Lipinski definition) is 1. The van der Waals surface area contributed by atoms with Crippen LogP contribution in [0.1, 0.15) is 60.3 Å². The number of nitrogen functional groups attached to an aromatic ring is 1. The Morgan fingerprint density at radius 3 is 2.00 bits per heavy atom. The van der Waals surface area contributed by atoms with Gasteiger partial charge in [-0.25, -0.2) is 0 Å². The number of nitrogens with zero attached hydrogens (tertiary/aromatic N) is 1. The number of carbonyl (C=O) groups excluding carboxylic acids is 1. The zero-order chi connectivity index (χ0) is 27.2. The third kappa shape index (κ3) is 9.09. The van der Waals surface area contributed by atoms with Crippen molar-refractivity contribution in [2.45, 2.75) is 47.5 Å². The minimum absolute atomic E-state index is 0.0463. The van der Waals surface area contributed by atoms with Crippen LogP contribution in [0.25, 0.3) is 11.1 Å². The van der Waals surface area contributed by atoms with Crippen LogP contribution in [0.3, 0.4) is 0 Å². The van der Waals surface area contributed by atoms with E-state index in [0.717, 1.165) is 22.7 Å². The molecule has 2 N–H and O–H groups in total.